The molecule has 0 aliphatic rings. The number of amides is 1. The first kappa shape index (κ1) is 16.3. The molecule has 126 valence electrons. The molecule has 0 unspecified atom stereocenters. The Labute approximate surface area is 139 Å². The maximum atomic E-state index is 13.1. The van der Waals surface area contributed by atoms with Crippen molar-refractivity contribution in [2.45, 2.75) is 0 Å². The summed E-state index contributed by atoms with van der Waals surface area (Å²) in [4.78, 5) is 36.8. The summed E-state index contributed by atoms with van der Waals surface area (Å²) in [6.07, 6.45) is 1.00. The Kier molecular flexibility index (Phi) is 4.02. The number of benzene rings is 2. The Morgan fingerprint density at radius 3 is 1.80 bits per heavy atom. The fourth-order valence-corrected chi connectivity index (χ4v) is 2.33. The minimum atomic E-state index is -1.03. The zero-order chi connectivity index (χ0) is 18.1. The van der Waals surface area contributed by atoms with E-state index in [1.54, 1.807) is 0 Å². The minimum absolute atomic E-state index is 0.0651. The molecule has 8 heteroatoms. The largest absolute Gasteiger partial charge is 0.365 e. The third-order valence-corrected chi connectivity index (χ3v) is 3.54. The van der Waals surface area contributed by atoms with Gasteiger partial charge in [0.25, 0.3) is 11.5 Å². The van der Waals surface area contributed by atoms with Gasteiger partial charge in [0.2, 0.25) is 0 Å². The molecule has 0 fully saturated rings. The van der Waals surface area contributed by atoms with E-state index in [2.05, 4.69) is 0 Å². The third kappa shape index (κ3) is 2.97. The highest BCUT2D eigenvalue weighted by molar-refractivity contribution is 5.92. The Morgan fingerprint density at radius 2 is 1.32 bits per heavy atom. The summed E-state index contributed by atoms with van der Waals surface area (Å²) >= 11 is 0. The molecule has 6 nitrogen and oxygen atoms in total. The van der Waals surface area contributed by atoms with Gasteiger partial charge in [-0.15, -0.1) is 0 Å². The molecule has 1 aromatic heterocycles. The molecule has 0 atom stereocenters. The molecule has 0 saturated carbocycles. The number of nitrogens with zero attached hydrogens (tertiary/aromatic N) is 2. The second kappa shape index (κ2) is 6.16. The van der Waals surface area contributed by atoms with Gasteiger partial charge in [0.05, 0.1) is 11.4 Å². The van der Waals surface area contributed by atoms with Gasteiger partial charge in [0, 0.05) is 6.20 Å². The molecule has 1 amide bonds. The first-order valence-electron chi connectivity index (χ1n) is 7.09. The Hall–Kier alpha value is -3.55. The van der Waals surface area contributed by atoms with Gasteiger partial charge in [0.15, 0.2) is 0 Å². The van der Waals surface area contributed by atoms with Gasteiger partial charge in [-0.1, -0.05) is 0 Å². The van der Waals surface area contributed by atoms with Gasteiger partial charge < -0.3 is 5.73 Å². The lowest BCUT2D eigenvalue weighted by molar-refractivity contribution is 0.0997. The van der Waals surface area contributed by atoms with Crippen LogP contribution < -0.4 is 17.0 Å². The van der Waals surface area contributed by atoms with Gasteiger partial charge in [-0.25, -0.2) is 18.1 Å². The van der Waals surface area contributed by atoms with Crippen LogP contribution in [0.4, 0.5) is 8.78 Å². The molecule has 0 aliphatic heterocycles. The quantitative estimate of drug-likeness (QED) is 0.779. The molecule has 1 heterocycles. The number of rotatable bonds is 3. The van der Waals surface area contributed by atoms with Gasteiger partial charge >= 0.3 is 5.69 Å². The zero-order valence-electron chi connectivity index (χ0n) is 12.6. The lowest BCUT2D eigenvalue weighted by atomic mass is 10.2. The average Bonchev–Trinajstić information content (AvgIpc) is 2.57. The second-order valence-electron chi connectivity index (χ2n) is 5.15. The molecular formula is C17H11F2N3O3. The lowest BCUT2D eigenvalue weighted by Crippen LogP contribution is -2.41. The highest BCUT2D eigenvalue weighted by atomic mass is 19.1. The van der Waals surface area contributed by atoms with E-state index in [0.717, 1.165) is 35.0 Å². The smallest absolute Gasteiger partial charge is 0.340 e. The van der Waals surface area contributed by atoms with E-state index < -0.39 is 34.4 Å². The van der Waals surface area contributed by atoms with Gasteiger partial charge in [0.1, 0.15) is 17.2 Å². The van der Waals surface area contributed by atoms with Gasteiger partial charge in [-0.05, 0) is 48.5 Å². The third-order valence-electron chi connectivity index (χ3n) is 3.54. The molecule has 2 N–H and O–H groups in total. The monoisotopic (exact) mass is 343 g/mol. The number of halogens is 2. The molecule has 2 aromatic carbocycles. The highest BCUT2D eigenvalue weighted by Gasteiger charge is 2.17. The summed E-state index contributed by atoms with van der Waals surface area (Å²) < 4.78 is 27.9. The fraction of sp³-hybridized carbons (Fsp3) is 0. The van der Waals surface area contributed by atoms with Crippen LogP contribution in [0.25, 0.3) is 11.4 Å². The topological polar surface area (TPSA) is 87.1 Å². The summed E-state index contributed by atoms with van der Waals surface area (Å²) in [5.74, 6) is -2.10. The van der Waals surface area contributed by atoms with E-state index in [9.17, 15) is 23.2 Å². The maximum absolute atomic E-state index is 13.1. The van der Waals surface area contributed by atoms with Crippen LogP contribution >= 0.6 is 0 Å². The van der Waals surface area contributed by atoms with Crippen molar-refractivity contribution in [3.63, 3.8) is 0 Å². The minimum Gasteiger partial charge on any atom is -0.365 e. The number of hydrogen-bond acceptors (Lipinski definition) is 3. The molecule has 3 rings (SSSR count). The van der Waals surface area contributed by atoms with Crippen molar-refractivity contribution in [3.05, 3.63) is 92.8 Å². The summed E-state index contributed by atoms with van der Waals surface area (Å²) in [5, 5.41) is 0. The summed E-state index contributed by atoms with van der Waals surface area (Å²) in [7, 11) is 0. The number of carbonyl (C=O) groups is 1. The lowest BCUT2D eigenvalue weighted by Gasteiger charge is -2.12. The molecule has 3 aromatic rings. The zero-order valence-corrected chi connectivity index (χ0v) is 12.6. The Morgan fingerprint density at radius 1 is 0.840 bits per heavy atom. The number of primary amides is 1. The van der Waals surface area contributed by atoms with Crippen molar-refractivity contribution in [1.29, 1.82) is 0 Å². The van der Waals surface area contributed by atoms with Crippen LogP contribution in [-0.4, -0.2) is 15.0 Å². The van der Waals surface area contributed by atoms with E-state index in [-0.39, 0.29) is 11.4 Å². The molecule has 0 radical (unpaired) electrons. The number of aromatic nitrogens is 2. The predicted octanol–water partition coefficient (Wildman–Crippen LogP) is 1.37. The van der Waals surface area contributed by atoms with Crippen LogP contribution in [0, 0.1) is 11.6 Å². The van der Waals surface area contributed by atoms with Crippen LogP contribution in [0.2, 0.25) is 0 Å². The second-order valence-corrected chi connectivity index (χ2v) is 5.15. The van der Waals surface area contributed by atoms with Crippen LogP contribution in [0.1, 0.15) is 10.4 Å². The normalized spacial score (nSPS) is 10.6. The van der Waals surface area contributed by atoms with E-state index >= 15 is 0 Å². The molecule has 0 spiro atoms. The van der Waals surface area contributed by atoms with E-state index in [0.29, 0.717) is 4.57 Å². The number of hydrogen-bond donors (Lipinski definition) is 1. The van der Waals surface area contributed by atoms with Crippen LogP contribution in [0.15, 0.2) is 64.3 Å². The van der Waals surface area contributed by atoms with E-state index in [1.165, 1.54) is 24.3 Å². The van der Waals surface area contributed by atoms with Crippen LogP contribution in [0.5, 0.6) is 0 Å². The number of nitrogens with two attached hydrogens (primary N) is 1. The first-order valence-corrected chi connectivity index (χ1v) is 7.09. The van der Waals surface area contributed by atoms with Crippen LogP contribution in [-0.2, 0) is 0 Å². The molecule has 0 saturated heterocycles. The van der Waals surface area contributed by atoms with Crippen LogP contribution in [0.3, 0.4) is 0 Å². The highest BCUT2D eigenvalue weighted by Crippen LogP contribution is 2.09. The Bertz CT molecular complexity index is 1070. The SMILES string of the molecule is NC(=O)c1cn(-c2ccc(F)cc2)c(=O)n(-c2ccc(F)cc2)c1=O. The maximum Gasteiger partial charge on any atom is 0.340 e. The summed E-state index contributed by atoms with van der Waals surface area (Å²) in [6.45, 7) is 0. The van der Waals surface area contributed by atoms with Crippen molar-refractivity contribution in [1.82, 2.24) is 9.13 Å². The molecule has 25 heavy (non-hydrogen) atoms. The van der Waals surface area contributed by atoms with Gasteiger partial charge in [-0.2, -0.15) is 0 Å². The average molecular weight is 343 g/mol. The number of carbonyl (C=O) groups excluding carboxylic acids is 1. The van der Waals surface area contributed by atoms with E-state index in [1.807, 2.05) is 0 Å². The van der Waals surface area contributed by atoms with Gasteiger partial charge in [-0.3, -0.25) is 14.2 Å². The first-order chi connectivity index (χ1) is 11.9. The predicted molar refractivity (Wildman–Crippen MR) is 86.1 cm³/mol. The molecule has 0 bridgehead atoms. The molecular weight excluding hydrogens is 332 g/mol. The molecule has 0 aliphatic carbocycles. The fourth-order valence-electron chi connectivity index (χ4n) is 2.33. The standard InChI is InChI=1S/C17H11F2N3O3/c18-10-1-5-12(6-2-10)21-9-14(15(20)23)16(24)22(17(21)25)13-7-3-11(19)4-8-13/h1-9H,(H2,20,23). The Balaban J connectivity index is 2.36. The van der Waals surface area contributed by atoms with Crippen molar-refractivity contribution in [2.75, 3.05) is 0 Å². The van der Waals surface area contributed by atoms with Crippen molar-refractivity contribution < 1.29 is 13.6 Å². The van der Waals surface area contributed by atoms with Crippen molar-refractivity contribution in [2.24, 2.45) is 5.73 Å². The van der Waals surface area contributed by atoms with Crippen molar-refractivity contribution >= 4 is 5.91 Å². The van der Waals surface area contributed by atoms with E-state index in [4.69, 9.17) is 5.73 Å². The summed E-state index contributed by atoms with van der Waals surface area (Å²) in [5.41, 5.74) is 3.33. The van der Waals surface area contributed by atoms with Crippen molar-refractivity contribution in [3.8, 4) is 11.4 Å². The summed E-state index contributed by atoms with van der Waals surface area (Å²) in [6, 6.07) is 9.44.